The van der Waals surface area contributed by atoms with Crippen LogP contribution < -0.4 is 0 Å². The molecule has 0 radical (unpaired) electrons. The molecule has 0 fully saturated rings. The Morgan fingerprint density at radius 1 is 1.31 bits per heavy atom. The molecule has 0 saturated carbocycles. The van der Waals surface area contributed by atoms with E-state index < -0.39 is 0 Å². The second kappa shape index (κ2) is 5.68. The maximum absolute atomic E-state index is 3.83. The topological polar surface area (TPSA) is 0 Å². The van der Waals surface area contributed by atoms with Crippen molar-refractivity contribution in [1.29, 1.82) is 0 Å². The zero-order chi connectivity index (χ0) is 12.3. The summed E-state index contributed by atoms with van der Waals surface area (Å²) < 4.78 is 0. The standard InChI is InChI=1S/C14H23BrS/c1-6-11-7-8-13(16-11)12(15)9-10(2)14(3,4)5/h7-8,10,12H,6,9H2,1-5H3. The lowest BCUT2D eigenvalue weighted by Gasteiger charge is -2.28. The van der Waals surface area contributed by atoms with Gasteiger partial charge in [-0.05, 0) is 36.3 Å². The van der Waals surface area contributed by atoms with Crippen LogP contribution in [0.4, 0.5) is 0 Å². The van der Waals surface area contributed by atoms with E-state index in [1.165, 1.54) is 16.2 Å². The van der Waals surface area contributed by atoms with E-state index in [0.717, 1.165) is 12.3 Å². The molecule has 2 unspecified atom stereocenters. The van der Waals surface area contributed by atoms with Crippen LogP contribution >= 0.6 is 27.3 Å². The van der Waals surface area contributed by atoms with Crippen molar-refractivity contribution in [3.8, 4) is 0 Å². The smallest absolute Gasteiger partial charge is 0.0492 e. The summed E-state index contributed by atoms with van der Waals surface area (Å²) in [6.45, 7) is 11.5. The van der Waals surface area contributed by atoms with Crippen LogP contribution in [0.25, 0.3) is 0 Å². The average molecular weight is 303 g/mol. The number of rotatable bonds is 4. The number of hydrogen-bond acceptors (Lipinski definition) is 1. The zero-order valence-electron chi connectivity index (χ0n) is 11.0. The van der Waals surface area contributed by atoms with Gasteiger partial charge in [-0.1, -0.05) is 50.5 Å². The maximum Gasteiger partial charge on any atom is 0.0492 e. The Labute approximate surface area is 113 Å². The highest BCUT2D eigenvalue weighted by Gasteiger charge is 2.23. The minimum Gasteiger partial charge on any atom is -0.144 e. The Morgan fingerprint density at radius 2 is 1.94 bits per heavy atom. The largest absolute Gasteiger partial charge is 0.144 e. The van der Waals surface area contributed by atoms with Crippen molar-refractivity contribution in [1.82, 2.24) is 0 Å². The fourth-order valence-electron chi connectivity index (χ4n) is 1.53. The number of thiophene rings is 1. The molecule has 0 spiro atoms. The quantitative estimate of drug-likeness (QED) is 0.615. The highest BCUT2D eigenvalue weighted by atomic mass is 79.9. The van der Waals surface area contributed by atoms with Gasteiger partial charge in [0.2, 0.25) is 0 Å². The van der Waals surface area contributed by atoms with Crippen LogP contribution in [-0.4, -0.2) is 0 Å². The van der Waals surface area contributed by atoms with E-state index in [9.17, 15) is 0 Å². The van der Waals surface area contributed by atoms with Gasteiger partial charge in [-0.3, -0.25) is 0 Å². The fraction of sp³-hybridized carbons (Fsp3) is 0.714. The fourth-order valence-corrected chi connectivity index (χ4v) is 3.47. The van der Waals surface area contributed by atoms with Crippen molar-refractivity contribution in [3.05, 3.63) is 21.9 Å². The van der Waals surface area contributed by atoms with Crippen molar-refractivity contribution >= 4 is 27.3 Å². The first-order valence-corrected chi connectivity index (χ1v) is 7.80. The number of hydrogen-bond donors (Lipinski definition) is 0. The van der Waals surface area contributed by atoms with E-state index in [4.69, 9.17) is 0 Å². The minimum atomic E-state index is 0.400. The summed E-state index contributed by atoms with van der Waals surface area (Å²) in [5.74, 6) is 0.726. The van der Waals surface area contributed by atoms with Gasteiger partial charge in [0, 0.05) is 14.6 Å². The average Bonchev–Trinajstić information content (AvgIpc) is 2.64. The molecular weight excluding hydrogens is 280 g/mol. The molecule has 16 heavy (non-hydrogen) atoms. The lowest BCUT2D eigenvalue weighted by Crippen LogP contribution is -2.18. The Hall–Kier alpha value is 0.180. The molecule has 0 saturated heterocycles. The van der Waals surface area contributed by atoms with Gasteiger partial charge in [-0.15, -0.1) is 11.3 Å². The molecule has 0 N–H and O–H groups in total. The lowest BCUT2D eigenvalue weighted by molar-refractivity contribution is 0.247. The first-order valence-electron chi connectivity index (χ1n) is 6.07. The Balaban J connectivity index is 2.61. The molecule has 1 aromatic heterocycles. The third kappa shape index (κ3) is 3.89. The van der Waals surface area contributed by atoms with E-state index in [1.54, 1.807) is 0 Å². The highest BCUT2D eigenvalue weighted by Crippen LogP contribution is 2.39. The molecule has 2 heteroatoms. The monoisotopic (exact) mass is 302 g/mol. The van der Waals surface area contributed by atoms with E-state index in [1.807, 2.05) is 11.3 Å². The zero-order valence-corrected chi connectivity index (χ0v) is 13.4. The van der Waals surface area contributed by atoms with Crippen molar-refractivity contribution in [3.63, 3.8) is 0 Å². The summed E-state index contributed by atoms with van der Waals surface area (Å²) in [5, 5.41) is 0. The van der Waals surface area contributed by atoms with Crippen molar-refractivity contribution < 1.29 is 0 Å². The van der Waals surface area contributed by atoms with Gasteiger partial charge < -0.3 is 0 Å². The summed E-state index contributed by atoms with van der Waals surface area (Å²) in [5.41, 5.74) is 0.400. The van der Waals surface area contributed by atoms with Crippen LogP contribution in [0.2, 0.25) is 0 Å². The molecule has 0 nitrogen and oxygen atoms in total. The van der Waals surface area contributed by atoms with Gasteiger partial charge in [0.25, 0.3) is 0 Å². The Morgan fingerprint density at radius 3 is 2.38 bits per heavy atom. The molecule has 0 aromatic carbocycles. The maximum atomic E-state index is 3.83. The summed E-state index contributed by atoms with van der Waals surface area (Å²) >= 11 is 5.78. The highest BCUT2D eigenvalue weighted by molar-refractivity contribution is 9.09. The Bertz CT molecular complexity index is 322. The second-order valence-corrected chi connectivity index (χ2v) is 7.93. The summed E-state index contributed by atoms with van der Waals surface area (Å²) in [6.07, 6.45) is 2.37. The molecule has 1 aromatic rings. The van der Waals surface area contributed by atoms with Gasteiger partial charge in [-0.25, -0.2) is 0 Å². The molecular formula is C14H23BrS. The molecule has 0 aliphatic heterocycles. The van der Waals surface area contributed by atoms with E-state index in [2.05, 4.69) is 62.7 Å². The molecule has 1 heterocycles. The van der Waals surface area contributed by atoms with Crippen LogP contribution in [0.15, 0.2) is 12.1 Å². The van der Waals surface area contributed by atoms with Gasteiger partial charge >= 0.3 is 0 Å². The van der Waals surface area contributed by atoms with Crippen LogP contribution in [-0.2, 0) is 6.42 Å². The minimum absolute atomic E-state index is 0.400. The molecule has 92 valence electrons. The van der Waals surface area contributed by atoms with Crippen LogP contribution in [0.3, 0.4) is 0 Å². The molecule has 2 atom stereocenters. The van der Waals surface area contributed by atoms with E-state index in [-0.39, 0.29) is 0 Å². The molecule has 1 rings (SSSR count). The van der Waals surface area contributed by atoms with Gasteiger partial charge in [-0.2, -0.15) is 0 Å². The van der Waals surface area contributed by atoms with E-state index >= 15 is 0 Å². The molecule has 0 aliphatic carbocycles. The number of halogens is 1. The first-order chi connectivity index (χ1) is 7.34. The molecule has 0 amide bonds. The first kappa shape index (κ1) is 14.2. The summed E-state index contributed by atoms with van der Waals surface area (Å²) in [4.78, 5) is 3.49. The van der Waals surface area contributed by atoms with Crippen molar-refractivity contribution in [2.75, 3.05) is 0 Å². The van der Waals surface area contributed by atoms with Gasteiger partial charge in [0.05, 0.1) is 0 Å². The van der Waals surface area contributed by atoms with Crippen molar-refractivity contribution in [2.24, 2.45) is 11.3 Å². The van der Waals surface area contributed by atoms with E-state index in [0.29, 0.717) is 10.2 Å². The summed E-state index contributed by atoms with van der Waals surface area (Å²) in [6, 6.07) is 4.54. The third-order valence-corrected chi connectivity index (χ3v) is 5.89. The van der Waals surface area contributed by atoms with Crippen LogP contribution in [0, 0.1) is 11.3 Å². The lowest BCUT2D eigenvalue weighted by atomic mass is 9.79. The third-order valence-electron chi connectivity index (χ3n) is 3.38. The van der Waals surface area contributed by atoms with Gasteiger partial charge in [0.15, 0.2) is 0 Å². The second-order valence-electron chi connectivity index (χ2n) is 5.63. The normalized spacial score (nSPS) is 16.1. The predicted octanol–water partition coefficient (Wildman–Crippen LogP) is 5.82. The predicted molar refractivity (Wildman–Crippen MR) is 78.6 cm³/mol. The number of aryl methyl sites for hydroxylation is 1. The number of alkyl halides is 1. The van der Waals surface area contributed by atoms with Gasteiger partial charge in [0.1, 0.15) is 0 Å². The van der Waals surface area contributed by atoms with Crippen LogP contribution in [0.5, 0.6) is 0 Å². The van der Waals surface area contributed by atoms with Crippen molar-refractivity contribution in [2.45, 2.75) is 52.3 Å². The SMILES string of the molecule is CCc1ccc(C(Br)CC(C)C(C)(C)C)s1. The Kier molecular flexibility index (Phi) is 5.06. The molecule has 0 aliphatic rings. The molecule has 0 bridgehead atoms. The van der Waals surface area contributed by atoms with Crippen LogP contribution in [0.1, 0.15) is 55.6 Å². The summed E-state index contributed by atoms with van der Waals surface area (Å²) in [7, 11) is 0.